The molecule has 0 aromatic heterocycles. The average molecular weight is 193 g/mol. The molecule has 1 aromatic rings. The Morgan fingerprint density at radius 3 is 3.00 bits per heavy atom. The topological polar surface area (TPSA) is 30.5 Å². The first-order valence-electron chi connectivity index (χ1n) is 4.99. The molecule has 0 saturated carbocycles. The standard InChI is InChI=1S/C11H15NO2/c1-3-8(2)12-11-9-6-4-5-7-10(9)13-14-11/h4-8,11-12H,3H2,1-2H3. The minimum absolute atomic E-state index is 0.124. The van der Waals surface area contributed by atoms with Crippen molar-refractivity contribution in [3.05, 3.63) is 29.8 Å². The zero-order valence-corrected chi connectivity index (χ0v) is 8.49. The van der Waals surface area contributed by atoms with Gasteiger partial charge in [-0.3, -0.25) is 5.32 Å². The lowest BCUT2D eigenvalue weighted by atomic mass is 10.1. The Labute approximate surface area is 84.0 Å². The van der Waals surface area contributed by atoms with Crippen molar-refractivity contribution in [1.29, 1.82) is 0 Å². The molecule has 3 heteroatoms. The maximum atomic E-state index is 5.18. The lowest BCUT2D eigenvalue weighted by Crippen LogP contribution is -2.29. The summed E-state index contributed by atoms with van der Waals surface area (Å²) in [5.41, 5.74) is 1.08. The Balaban J connectivity index is 2.10. The first-order chi connectivity index (χ1) is 6.81. The van der Waals surface area contributed by atoms with Crippen LogP contribution in [0.15, 0.2) is 24.3 Å². The molecule has 1 heterocycles. The fourth-order valence-corrected chi connectivity index (χ4v) is 1.42. The van der Waals surface area contributed by atoms with E-state index in [0.29, 0.717) is 6.04 Å². The van der Waals surface area contributed by atoms with Gasteiger partial charge in [-0.15, -0.1) is 0 Å². The molecule has 0 fully saturated rings. The van der Waals surface area contributed by atoms with Crippen LogP contribution in [0.25, 0.3) is 0 Å². The van der Waals surface area contributed by atoms with Crippen molar-refractivity contribution < 1.29 is 9.78 Å². The molecule has 14 heavy (non-hydrogen) atoms. The average Bonchev–Trinajstić information content (AvgIpc) is 2.62. The zero-order valence-electron chi connectivity index (χ0n) is 8.49. The highest BCUT2D eigenvalue weighted by molar-refractivity contribution is 5.36. The molecule has 1 aliphatic rings. The number of fused-ring (bicyclic) bond motifs is 1. The van der Waals surface area contributed by atoms with E-state index in [9.17, 15) is 0 Å². The van der Waals surface area contributed by atoms with Gasteiger partial charge in [0, 0.05) is 11.6 Å². The molecule has 0 aliphatic carbocycles. The SMILES string of the molecule is CCC(C)NC1OOc2ccccc21. The summed E-state index contributed by atoms with van der Waals surface area (Å²) in [5.74, 6) is 0.813. The van der Waals surface area contributed by atoms with Crippen molar-refractivity contribution in [3.63, 3.8) is 0 Å². The molecule has 76 valence electrons. The van der Waals surface area contributed by atoms with Crippen LogP contribution in [0, 0.1) is 0 Å². The first-order valence-corrected chi connectivity index (χ1v) is 4.99. The second-order valence-electron chi connectivity index (χ2n) is 3.57. The van der Waals surface area contributed by atoms with Gasteiger partial charge in [0.15, 0.2) is 12.0 Å². The predicted molar refractivity (Wildman–Crippen MR) is 53.8 cm³/mol. The number of benzene rings is 1. The molecule has 0 saturated heterocycles. The third-order valence-electron chi connectivity index (χ3n) is 2.48. The molecular formula is C11H15NO2. The van der Waals surface area contributed by atoms with Crippen LogP contribution in [-0.4, -0.2) is 6.04 Å². The van der Waals surface area contributed by atoms with Crippen molar-refractivity contribution in [2.45, 2.75) is 32.5 Å². The summed E-state index contributed by atoms with van der Waals surface area (Å²) in [5, 5.41) is 3.34. The van der Waals surface area contributed by atoms with Gasteiger partial charge >= 0.3 is 0 Å². The Morgan fingerprint density at radius 1 is 1.43 bits per heavy atom. The van der Waals surface area contributed by atoms with Gasteiger partial charge in [-0.2, -0.15) is 4.89 Å². The molecule has 1 aromatic carbocycles. The van der Waals surface area contributed by atoms with Crippen molar-refractivity contribution in [2.24, 2.45) is 0 Å². The molecule has 2 rings (SSSR count). The van der Waals surface area contributed by atoms with Crippen LogP contribution in [0.2, 0.25) is 0 Å². The van der Waals surface area contributed by atoms with Gasteiger partial charge in [0.25, 0.3) is 0 Å². The summed E-state index contributed by atoms with van der Waals surface area (Å²) in [6.45, 7) is 4.27. The van der Waals surface area contributed by atoms with E-state index in [0.717, 1.165) is 17.7 Å². The van der Waals surface area contributed by atoms with Gasteiger partial charge in [0.05, 0.1) is 0 Å². The molecule has 2 atom stereocenters. The molecule has 2 unspecified atom stereocenters. The summed E-state index contributed by atoms with van der Waals surface area (Å²) in [6, 6.07) is 8.28. The van der Waals surface area contributed by atoms with Crippen LogP contribution in [0.5, 0.6) is 5.75 Å². The van der Waals surface area contributed by atoms with Gasteiger partial charge in [-0.05, 0) is 19.4 Å². The Bertz CT molecular complexity index is 314. The van der Waals surface area contributed by atoms with Crippen LogP contribution in [0.3, 0.4) is 0 Å². The number of rotatable bonds is 3. The summed E-state index contributed by atoms with van der Waals surface area (Å²) >= 11 is 0. The van der Waals surface area contributed by atoms with E-state index < -0.39 is 0 Å². The highest BCUT2D eigenvalue weighted by Crippen LogP contribution is 2.32. The molecule has 1 aliphatic heterocycles. The molecular weight excluding hydrogens is 178 g/mol. The van der Waals surface area contributed by atoms with E-state index >= 15 is 0 Å². The molecule has 0 amide bonds. The third-order valence-corrected chi connectivity index (χ3v) is 2.48. The first kappa shape index (κ1) is 9.49. The summed E-state index contributed by atoms with van der Waals surface area (Å²) in [6.07, 6.45) is 0.948. The largest absolute Gasteiger partial charge is 0.335 e. The maximum Gasteiger partial charge on any atom is 0.185 e. The van der Waals surface area contributed by atoms with Gasteiger partial charge in [-0.25, -0.2) is 0 Å². The number of hydrogen-bond acceptors (Lipinski definition) is 3. The van der Waals surface area contributed by atoms with Crippen LogP contribution >= 0.6 is 0 Å². The fourth-order valence-electron chi connectivity index (χ4n) is 1.42. The van der Waals surface area contributed by atoms with E-state index in [1.165, 1.54) is 0 Å². The van der Waals surface area contributed by atoms with Crippen LogP contribution in [-0.2, 0) is 4.89 Å². The van der Waals surface area contributed by atoms with E-state index in [1.54, 1.807) is 0 Å². The minimum Gasteiger partial charge on any atom is -0.335 e. The molecule has 1 N–H and O–H groups in total. The molecule has 0 radical (unpaired) electrons. The van der Waals surface area contributed by atoms with Gasteiger partial charge in [-0.1, -0.05) is 25.1 Å². The van der Waals surface area contributed by atoms with E-state index in [2.05, 4.69) is 19.2 Å². The Kier molecular flexibility index (Phi) is 2.70. The van der Waals surface area contributed by atoms with Crippen LogP contribution in [0.1, 0.15) is 32.1 Å². The summed E-state index contributed by atoms with van der Waals surface area (Å²) in [7, 11) is 0. The van der Waals surface area contributed by atoms with Gasteiger partial charge in [0.1, 0.15) is 0 Å². The van der Waals surface area contributed by atoms with Crippen molar-refractivity contribution in [3.8, 4) is 5.75 Å². The van der Waals surface area contributed by atoms with Crippen LogP contribution in [0.4, 0.5) is 0 Å². The highest BCUT2D eigenvalue weighted by Gasteiger charge is 2.26. The third kappa shape index (κ3) is 1.74. The van der Waals surface area contributed by atoms with Crippen molar-refractivity contribution in [1.82, 2.24) is 5.32 Å². The fraction of sp³-hybridized carbons (Fsp3) is 0.455. The minimum atomic E-state index is -0.124. The molecule has 0 bridgehead atoms. The van der Waals surface area contributed by atoms with E-state index in [4.69, 9.17) is 9.78 Å². The second-order valence-corrected chi connectivity index (χ2v) is 3.57. The molecule has 0 spiro atoms. The number of hydrogen-bond donors (Lipinski definition) is 1. The predicted octanol–water partition coefficient (Wildman–Crippen LogP) is 2.40. The lowest BCUT2D eigenvalue weighted by molar-refractivity contribution is -0.233. The quantitative estimate of drug-likeness (QED) is 0.748. The normalized spacial score (nSPS) is 21.4. The smallest absolute Gasteiger partial charge is 0.185 e. The monoisotopic (exact) mass is 193 g/mol. The Hall–Kier alpha value is -1.06. The number of nitrogens with one attached hydrogen (secondary N) is 1. The zero-order chi connectivity index (χ0) is 9.97. The van der Waals surface area contributed by atoms with Crippen molar-refractivity contribution >= 4 is 0 Å². The van der Waals surface area contributed by atoms with Crippen molar-refractivity contribution in [2.75, 3.05) is 0 Å². The lowest BCUT2D eigenvalue weighted by Gasteiger charge is -2.15. The van der Waals surface area contributed by atoms with Crippen LogP contribution < -0.4 is 10.2 Å². The summed E-state index contributed by atoms with van der Waals surface area (Å²) < 4.78 is 0. The number of para-hydroxylation sites is 1. The van der Waals surface area contributed by atoms with E-state index in [-0.39, 0.29) is 6.23 Å². The van der Waals surface area contributed by atoms with Gasteiger partial charge in [0.2, 0.25) is 0 Å². The molecule has 3 nitrogen and oxygen atoms in total. The highest BCUT2D eigenvalue weighted by atomic mass is 17.2. The Morgan fingerprint density at radius 2 is 2.21 bits per heavy atom. The summed E-state index contributed by atoms with van der Waals surface area (Å²) in [4.78, 5) is 10.3. The van der Waals surface area contributed by atoms with E-state index in [1.807, 2.05) is 24.3 Å². The maximum absolute atomic E-state index is 5.18. The van der Waals surface area contributed by atoms with Gasteiger partial charge < -0.3 is 4.89 Å². The second kappa shape index (κ2) is 3.98.